The second kappa shape index (κ2) is 7.59. The zero-order chi connectivity index (χ0) is 19.5. The van der Waals surface area contributed by atoms with Gasteiger partial charge in [-0.05, 0) is 39.3 Å². The predicted molar refractivity (Wildman–Crippen MR) is 91.7 cm³/mol. The van der Waals surface area contributed by atoms with E-state index < -0.39 is 11.4 Å². The normalized spacial score (nSPS) is 9.64. The van der Waals surface area contributed by atoms with Crippen molar-refractivity contribution in [2.24, 2.45) is 14.1 Å². The summed E-state index contributed by atoms with van der Waals surface area (Å²) in [5.74, 6) is -0.487. The molecule has 0 N–H and O–H groups in total. The van der Waals surface area contributed by atoms with Gasteiger partial charge in [-0.15, -0.1) is 0 Å². The summed E-state index contributed by atoms with van der Waals surface area (Å²) < 4.78 is 15.9. The van der Waals surface area contributed by atoms with Crippen molar-refractivity contribution in [2.45, 2.75) is 27.7 Å². The van der Waals surface area contributed by atoms with E-state index in [1.54, 1.807) is 20.0 Å². The molecule has 0 bridgehead atoms. The molecule has 2 rings (SSSR count). The molecule has 0 amide bonds. The minimum atomic E-state index is -0.487. The van der Waals surface area contributed by atoms with Crippen LogP contribution >= 0.6 is 0 Å². The highest BCUT2D eigenvalue weighted by Crippen LogP contribution is 2.11. The van der Waals surface area contributed by atoms with Crippen molar-refractivity contribution in [2.75, 3.05) is 0 Å². The van der Waals surface area contributed by atoms with Crippen LogP contribution in [0.15, 0.2) is 15.7 Å². The van der Waals surface area contributed by atoms with Crippen molar-refractivity contribution in [1.82, 2.24) is 9.13 Å². The third-order valence-corrected chi connectivity index (χ3v) is 4.13. The quantitative estimate of drug-likeness (QED) is 0.731. The summed E-state index contributed by atoms with van der Waals surface area (Å²) in [5, 5.41) is 17.3. The summed E-state index contributed by atoms with van der Waals surface area (Å²) >= 11 is 0. The molecule has 6 nitrogen and oxygen atoms in total. The van der Waals surface area contributed by atoms with Gasteiger partial charge in [0.15, 0.2) is 0 Å². The molecule has 0 saturated carbocycles. The van der Waals surface area contributed by atoms with Crippen molar-refractivity contribution in [3.63, 3.8) is 0 Å². The zero-order valence-corrected chi connectivity index (χ0v) is 15.1. The Morgan fingerprint density at radius 3 is 1.88 bits per heavy atom. The van der Waals surface area contributed by atoms with E-state index in [0.29, 0.717) is 0 Å². The Morgan fingerprint density at radius 2 is 1.40 bits per heavy atom. The number of nitrogens with zero attached hydrogens (tertiary/aromatic N) is 4. The van der Waals surface area contributed by atoms with Crippen molar-refractivity contribution >= 4 is 0 Å². The molecule has 0 aliphatic rings. The van der Waals surface area contributed by atoms with Crippen molar-refractivity contribution in [3.05, 3.63) is 66.2 Å². The highest BCUT2D eigenvalue weighted by molar-refractivity contribution is 5.37. The van der Waals surface area contributed by atoms with Gasteiger partial charge in [0, 0.05) is 25.4 Å². The lowest BCUT2D eigenvalue weighted by atomic mass is 10.1. The lowest BCUT2D eigenvalue weighted by Gasteiger charge is -2.07. The number of hydrogen-bond acceptors (Lipinski definition) is 4. The van der Waals surface area contributed by atoms with Crippen LogP contribution in [0.4, 0.5) is 4.39 Å². The molecule has 0 saturated heterocycles. The lowest BCUT2D eigenvalue weighted by molar-refractivity contribution is 0.577. The maximum atomic E-state index is 13.3. The third-order valence-electron chi connectivity index (χ3n) is 4.13. The van der Waals surface area contributed by atoms with Crippen LogP contribution in [0.1, 0.15) is 33.6 Å². The van der Waals surface area contributed by atoms with Gasteiger partial charge >= 0.3 is 0 Å². The first-order chi connectivity index (χ1) is 11.6. The molecule has 2 aromatic heterocycles. The summed E-state index contributed by atoms with van der Waals surface area (Å²) in [6.07, 6.45) is 0. The molecule has 0 spiro atoms. The standard InChI is InChI=1S/C9H9FN2O.C9H10N2O/c1-5-7(4-11)9(13)12(3)6(2)8(5)10;1-6-4-7(2)11(3)9(12)8(6)5-10/h1-3H3;4H,1-3H3. The molecular formula is C18H19FN4O2. The van der Waals surface area contributed by atoms with Gasteiger partial charge in [0.05, 0.1) is 5.69 Å². The number of aromatic nitrogens is 2. The number of rotatable bonds is 0. The molecule has 0 aromatic carbocycles. The molecule has 0 aliphatic carbocycles. The monoisotopic (exact) mass is 342 g/mol. The Morgan fingerprint density at radius 1 is 0.920 bits per heavy atom. The Labute approximate surface area is 145 Å². The molecule has 130 valence electrons. The van der Waals surface area contributed by atoms with E-state index in [-0.39, 0.29) is 27.9 Å². The maximum Gasteiger partial charge on any atom is 0.268 e. The minimum absolute atomic E-state index is 0.120. The van der Waals surface area contributed by atoms with Gasteiger partial charge < -0.3 is 9.13 Å². The largest absolute Gasteiger partial charge is 0.315 e. The molecule has 0 unspecified atom stereocenters. The van der Waals surface area contributed by atoms with E-state index in [4.69, 9.17) is 10.5 Å². The SMILES string of the molecule is Cc1c(F)c(C)n(C)c(=O)c1C#N.Cc1cc(C)n(C)c(=O)c1C#N. The van der Waals surface area contributed by atoms with E-state index in [1.807, 2.05) is 19.1 Å². The lowest BCUT2D eigenvalue weighted by Crippen LogP contribution is -2.24. The smallest absolute Gasteiger partial charge is 0.268 e. The van der Waals surface area contributed by atoms with Crippen molar-refractivity contribution in [1.29, 1.82) is 10.5 Å². The summed E-state index contributed by atoms with van der Waals surface area (Å²) in [7, 11) is 3.11. The molecule has 0 fully saturated rings. The summed E-state index contributed by atoms with van der Waals surface area (Å²) in [5.41, 5.74) is 1.46. The molecular weight excluding hydrogens is 323 g/mol. The Balaban J connectivity index is 0.000000251. The van der Waals surface area contributed by atoms with E-state index >= 15 is 0 Å². The topological polar surface area (TPSA) is 91.6 Å². The molecule has 0 radical (unpaired) electrons. The van der Waals surface area contributed by atoms with Crippen molar-refractivity contribution < 1.29 is 4.39 Å². The summed E-state index contributed by atoms with van der Waals surface area (Å²) in [6, 6.07) is 5.43. The highest BCUT2D eigenvalue weighted by atomic mass is 19.1. The van der Waals surface area contributed by atoms with Gasteiger partial charge in [-0.1, -0.05) is 0 Å². The second-order valence-corrected chi connectivity index (χ2v) is 5.70. The fraction of sp³-hybridized carbons (Fsp3) is 0.333. The van der Waals surface area contributed by atoms with Gasteiger partial charge in [0.1, 0.15) is 29.1 Å². The van der Waals surface area contributed by atoms with Crippen LogP contribution in [0.5, 0.6) is 0 Å². The van der Waals surface area contributed by atoms with Gasteiger partial charge in [0.2, 0.25) is 0 Å². The van der Waals surface area contributed by atoms with Crippen LogP contribution in [0.3, 0.4) is 0 Å². The maximum absolute atomic E-state index is 13.3. The number of halogens is 1. The molecule has 25 heavy (non-hydrogen) atoms. The average Bonchev–Trinajstić information content (AvgIpc) is 2.58. The molecule has 2 heterocycles. The average molecular weight is 342 g/mol. The number of nitriles is 2. The number of pyridine rings is 2. The molecule has 0 aliphatic heterocycles. The minimum Gasteiger partial charge on any atom is -0.315 e. The van der Waals surface area contributed by atoms with Crippen molar-refractivity contribution in [3.8, 4) is 12.1 Å². The highest BCUT2D eigenvalue weighted by Gasteiger charge is 2.13. The van der Waals surface area contributed by atoms with Crippen LogP contribution in [0, 0.1) is 56.2 Å². The predicted octanol–water partition coefficient (Wildman–Crippen LogP) is 1.89. The fourth-order valence-corrected chi connectivity index (χ4v) is 2.26. The summed E-state index contributed by atoms with van der Waals surface area (Å²) in [4.78, 5) is 22.7. The van der Waals surface area contributed by atoms with Crippen LogP contribution in [-0.4, -0.2) is 9.13 Å². The summed E-state index contributed by atoms with van der Waals surface area (Å²) in [6.45, 7) is 6.55. The first-order valence-electron chi connectivity index (χ1n) is 7.41. The van der Waals surface area contributed by atoms with Gasteiger partial charge in [-0.3, -0.25) is 9.59 Å². The van der Waals surface area contributed by atoms with Crippen LogP contribution in [0.25, 0.3) is 0 Å². The van der Waals surface area contributed by atoms with E-state index in [9.17, 15) is 14.0 Å². The van der Waals surface area contributed by atoms with Gasteiger partial charge in [-0.2, -0.15) is 10.5 Å². The van der Waals surface area contributed by atoms with E-state index in [0.717, 1.165) is 15.8 Å². The Hall–Kier alpha value is -3.19. The van der Waals surface area contributed by atoms with E-state index in [2.05, 4.69) is 0 Å². The van der Waals surface area contributed by atoms with Crippen LogP contribution in [-0.2, 0) is 14.1 Å². The van der Waals surface area contributed by atoms with Gasteiger partial charge in [-0.25, -0.2) is 4.39 Å². The zero-order valence-electron chi connectivity index (χ0n) is 15.1. The first-order valence-corrected chi connectivity index (χ1v) is 7.41. The molecule has 2 aromatic rings. The number of hydrogen-bond donors (Lipinski definition) is 0. The molecule has 0 atom stereocenters. The number of aryl methyl sites for hydroxylation is 2. The van der Waals surface area contributed by atoms with Crippen LogP contribution in [0.2, 0.25) is 0 Å². The molecule has 7 heteroatoms. The van der Waals surface area contributed by atoms with Crippen LogP contribution < -0.4 is 11.1 Å². The fourth-order valence-electron chi connectivity index (χ4n) is 2.26. The second-order valence-electron chi connectivity index (χ2n) is 5.70. The Kier molecular flexibility index (Phi) is 6.03. The first kappa shape index (κ1) is 19.9. The van der Waals surface area contributed by atoms with Gasteiger partial charge in [0.25, 0.3) is 11.1 Å². The third kappa shape index (κ3) is 3.67. The Bertz CT molecular complexity index is 1030. The van der Waals surface area contributed by atoms with E-state index in [1.165, 1.54) is 25.5 Å².